The van der Waals surface area contributed by atoms with E-state index in [1.807, 2.05) is 6.92 Å². The van der Waals surface area contributed by atoms with E-state index in [1.165, 1.54) is 25.7 Å². The Morgan fingerprint density at radius 1 is 1.19 bits per heavy atom. The fourth-order valence-electron chi connectivity index (χ4n) is 1.85. The summed E-state index contributed by atoms with van der Waals surface area (Å²) in [5.74, 6) is 6.09. The van der Waals surface area contributed by atoms with E-state index in [0.717, 1.165) is 13.0 Å². The van der Waals surface area contributed by atoms with Crippen LogP contribution in [0.3, 0.4) is 0 Å². The van der Waals surface area contributed by atoms with Crippen LogP contribution in [-0.4, -0.2) is 12.6 Å². The van der Waals surface area contributed by atoms with Crippen LogP contribution in [0.25, 0.3) is 0 Å². The first-order valence-electron chi connectivity index (χ1n) is 6.65. The van der Waals surface area contributed by atoms with Crippen molar-refractivity contribution in [3.63, 3.8) is 0 Å². The Balaban J connectivity index is 3.86. The van der Waals surface area contributed by atoms with Crippen molar-refractivity contribution in [3.8, 4) is 11.8 Å². The molecule has 0 saturated heterocycles. The summed E-state index contributed by atoms with van der Waals surface area (Å²) in [5, 5.41) is 3.66. The topological polar surface area (TPSA) is 12.0 Å². The molecular formula is C15H29N. The molecule has 0 spiro atoms. The summed E-state index contributed by atoms with van der Waals surface area (Å²) in [4.78, 5) is 0. The van der Waals surface area contributed by atoms with Gasteiger partial charge in [0.05, 0.1) is 0 Å². The smallest absolute Gasteiger partial charge is 0.0116 e. The molecule has 0 heterocycles. The van der Waals surface area contributed by atoms with Gasteiger partial charge in [-0.2, -0.15) is 0 Å². The maximum absolute atomic E-state index is 3.66. The summed E-state index contributed by atoms with van der Waals surface area (Å²) in [5.41, 5.74) is 0.367. The Kier molecular flexibility index (Phi) is 8.39. The van der Waals surface area contributed by atoms with Crippen LogP contribution in [0.1, 0.15) is 66.7 Å². The molecule has 0 bridgehead atoms. The van der Waals surface area contributed by atoms with Crippen molar-refractivity contribution in [1.82, 2.24) is 5.32 Å². The van der Waals surface area contributed by atoms with Crippen molar-refractivity contribution in [2.75, 3.05) is 6.54 Å². The number of hydrogen-bond donors (Lipinski definition) is 1. The molecule has 0 rings (SSSR count). The number of unbranched alkanes of at least 4 members (excludes halogenated alkanes) is 2. The summed E-state index contributed by atoms with van der Waals surface area (Å²) >= 11 is 0. The first-order chi connectivity index (χ1) is 7.52. The standard InChI is InChI=1S/C15H29N/c1-6-8-9-10-11-12-14(15(3,4)5)16-13-7-2/h14,16H,7,9-13H2,1-5H3. The van der Waals surface area contributed by atoms with E-state index in [4.69, 9.17) is 0 Å². The molecule has 0 aromatic heterocycles. The highest BCUT2D eigenvalue weighted by Gasteiger charge is 2.22. The summed E-state index contributed by atoms with van der Waals surface area (Å²) < 4.78 is 0. The van der Waals surface area contributed by atoms with E-state index in [1.54, 1.807) is 0 Å². The number of hydrogen-bond acceptors (Lipinski definition) is 1. The van der Waals surface area contributed by atoms with Gasteiger partial charge in [0, 0.05) is 12.5 Å². The lowest BCUT2D eigenvalue weighted by molar-refractivity contribution is 0.250. The third-order valence-electron chi connectivity index (χ3n) is 2.91. The highest BCUT2D eigenvalue weighted by atomic mass is 14.9. The molecule has 0 aliphatic heterocycles. The van der Waals surface area contributed by atoms with Crippen molar-refractivity contribution >= 4 is 0 Å². The van der Waals surface area contributed by atoms with E-state index in [9.17, 15) is 0 Å². The van der Waals surface area contributed by atoms with E-state index in [0.29, 0.717) is 11.5 Å². The predicted molar refractivity (Wildman–Crippen MR) is 73.5 cm³/mol. The molecule has 1 N–H and O–H groups in total. The SMILES string of the molecule is CC#CCCCCC(NCCC)C(C)(C)C. The summed E-state index contributed by atoms with van der Waals surface area (Å²) in [6.45, 7) is 12.3. The van der Waals surface area contributed by atoms with Gasteiger partial charge in [-0.25, -0.2) is 0 Å². The number of nitrogens with one attached hydrogen (secondary N) is 1. The lowest BCUT2D eigenvalue weighted by atomic mass is 9.83. The molecule has 0 aliphatic rings. The maximum Gasteiger partial charge on any atom is 0.0116 e. The fourth-order valence-corrected chi connectivity index (χ4v) is 1.85. The van der Waals surface area contributed by atoms with Gasteiger partial charge in [0.1, 0.15) is 0 Å². The zero-order chi connectivity index (χ0) is 12.4. The molecule has 0 fully saturated rings. The van der Waals surface area contributed by atoms with Gasteiger partial charge in [-0.15, -0.1) is 11.8 Å². The Bertz CT molecular complexity index is 214. The molecule has 94 valence electrons. The van der Waals surface area contributed by atoms with E-state index < -0.39 is 0 Å². The number of rotatable bonds is 7. The van der Waals surface area contributed by atoms with Crippen LogP contribution in [0.15, 0.2) is 0 Å². The Morgan fingerprint density at radius 2 is 1.88 bits per heavy atom. The van der Waals surface area contributed by atoms with Crippen LogP contribution in [0.4, 0.5) is 0 Å². The molecule has 0 saturated carbocycles. The van der Waals surface area contributed by atoms with E-state index in [2.05, 4.69) is 44.9 Å². The van der Waals surface area contributed by atoms with Gasteiger partial charge in [-0.1, -0.05) is 34.1 Å². The molecule has 1 atom stereocenters. The van der Waals surface area contributed by atoms with Crippen molar-refractivity contribution in [2.45, 2.75) is 72.8 Å². The molecule has 0 aliphatic carbocycles. The van der Waals surface area contributed by atoms with Crippen molar-refractivity contribution in [3.05, 3.63) is 0 Å². The average molecular weight is 223 g/mol. The van der Waals surface area contributed by atoms with E-state index >= 15 is 0 Å². The van der Waals surface area contributed by atoms with Crippen LogP contribution in [0.5, 0.6) is 0 Å². The first kappa shape index (κ1) is 15.5. The summed E-state index contributed by atoms with van der Waals surface area (Å²) in [6, 6.07) is 0.641. The maximum atomic E-state index is 3.66. The van der Waals surface area contributed by atoms with Crippen LogP contribution in [-0.2, 0) is 0 Å². The summed E-state index contributed by atoms with van der Waals surface area (Å²) in [6.07, 6.45) is 6.07. The van der Waals surface area contributed by atoms with Gasteiger partial charge in [0.2, 0.25) is 0 Å². The van der Waals surface area contributed by atoms with Crippen LogP contribution >= 0.6 is 0 Å². The second-order valence-corrected chi connectivity index (χ2v) is 5.55. The van der Waals surface area contributed by atoms with E-state index in [-0.39, 0.29) is 0 Å². The first-order valence-corrected chi connectivity index (χ1v) is 6.65. The second kappa shape index (κ2) is 8.65. The zero-order valence-electron chi connectivity index (χ0n) is 11.8. The molecule has 0 aromatic rings. The van der Waals surface area contributed by atoms with Crippen molar-refractivity contribution in [2.24, 2.45) is 5.41 Å². The highest BCUT2D eigenvalue weighted by Crippen LogP contribution is 2.23. The van der Waals surface area contributed by atoms with Gasteiger partial charge < -0.3 is 5.32 Å². The van der Waals surface area contributed by atoms with Gasteiger partial charge in [-0.05, 0) is 38.1 Å². The van der Waals surface area contributed by atoms with Crippen molar-refractivity contribution in [1.29, 1.82) is 0 Å². The highest BCUT2D eigenvalue weighted by molar-refractivity contribution is 4.94. The van der Waals surface area contributed by atoms with Crippen molar-refractivity contribution < 1.29 is 0 Å². The third kappa shape index (κ3) is 7.77. The van der Waals surface area contributed by atoms with Gasteiger partial charge in [0.15, 0.2) is 0 Å². The molecule has 0 amide bonds. The molecular weight excluding hydrogens is 194 g/mol. The Morgan fingerprint density at radius 3 is 2.38 bits per heavy atom. The monoisotopic (exact) mass is 223 g/mol. The van der Waals surface area contributed by atoms with Gasteiger partial charge in [0.25, 0.3) is 0 Å². The average Bonchev–Trinajstić information content (AvgIpc) is 2.20. The predicted octanol–water partition coefficient (Wildman–Crippen LogP) is 3.98. The van der Waals surface area contributed by atoms with Gasteiger partial charge >= 0.3 is 0 Å². The Labute approximate surface area is 102 Å². The minimum absolute atomic E-state index is 0.367. The largest absolute Gasteiger partial charge is 0.313 e. The molecule has 0 aromatic carbocycles. The zero-order valence-corrected chi connectivity index (χ0v) is 11.8. The molecule has 1 heteroatoms. The molecule has 16 heavy (non-hydrogen) atoms. The lowest BCUT2D eigenvalue weighted by Crippen LogP contribution is -2.40. The second-order valence-electron chi connectivity index (χ2n) is 5.55. The molecule has 0 radical (unpaired) electrons. The quantitative estimate of drug-likeness (QED) is 0.508. The summed E-state index contributed by atoms with van der Waals surface area (Å²) in [7, 11) is 0. The minimum Gasteiger partial charge on any atom is -0.313 e. The molecule has 1 nitrogen and oxygen atoms in total. The van der Waals surface area contributed by atoms with Gasteiger partial charge in [-0.3, -0.25) is 0 Å². The van der Waals surface area contributed by atoms with Crippen LogP contribution in [0.2, 0.25) is 0 Å². The van der Waals surface area contributed by atoms with Crippen LogP contribution in [0, 0.1) is 17.3 Å². The lowest BCUT2D eigenvalue weighted by Gasteiger charge is -2.31. The third-order valence-corrected chi connectivity index (χ3v) is 2.91. The normalized spacial score (nSPS) is 13.1. The minimum atomic E-state index is 0.367. The Hall–Kier alpha value is -0.480. The molecule has 1 unspecified atom stereocenters. The van der Waals surface area contributed by atoms with Crippen LogP contribution < -0.4 is 5.32 Å². The fraction of sp³-hybridized carbons (Fsp3) is 0.867.